The van der Waals surface area contributed by atoms with E-state index in [-0.39, 0.29) is 5.75 Å². The van der Waals surface area contributed by atoms with Crippen LogP contribution in [0.1, 0.15) is 11.6 Å². The van der Waals surface area contributed by atoms with Gasteiger partial charge in [-0.2, -0.15) is 0 Å². The largest absolute Gasteiger partial charge is 0.506 e. The molecule has 1 aromatic rings. The number of phenols is 1. The standard InChI is InChI=1S/C12H14F2I2N2O/c13-12(14)10(18-3-1-17-2-4-18)8-5-7(15)6-9(16)11(8)19/h5-6,10,12,17,19H,1-4H2/t10-/m1/s1. The highest BCUT2D eigenvalue weighted by atomic mass is 127. The van der Waals surface area contributed by atoms with E-state index in [1.807, 2.05) is 22.6 Å². The third-order valence-electron chi connectivity index (χ3n) is 3.16. The van der Waals surface area contributed by atoms with Crippen LogP contribution in [0.15, 0.2) is 12.1 Å². The van der Waals surface area contributed by atoms with Crippen LogP contribution in [0.2, 0.25) is 0 Å². The molecule has 2 N–H and O–H groups in total. The van der Waals surface area contributed by atoms with Crippen molar-refractivity contribution in [3.05, 3.63) is 24.8 Å². The molecule has 1 aliphatic rings. The molecule has 7 heteroatoms. The SMILES string of the molecule is Oc1c(I)cc(I)cc1[C@H](C(F)F)N1CCNCC1. The minimum Gasteiger partial charge on any atom is -0.506 e. The molecular weight excluding hydrogens is 480 g/mol. The van der Waals surface area contributed by atoms with Gasteiger partial charge in [0.2, 0.25) is 0 Å². The Bertz CT molecular complexity index is 454. The number of rotatable bonds is 3. The predicted octanol–water partition coefficient (Wildman–Crippen LogP) is 2.81. The lowest BCUT2D eigenvalue weighted by molar-refractivity contribution is 0.0169. The fourth-order valence-corrected chi connectivity index (χ4v) is 4.15. The molecule has 1 aliphatic heterocycles. The summed E-state index contributed by atoms with van der Waals surface area (Å²) in [4.78, 5) is 1.74. The lowest BCUT2D eigenvalue weighted by atomic mass is 10.0. The summed E-state index contributed by atoms with van der Waals surface area (Å²) in [5.41, 5.74) is 0.327. The van der Waals surface area contributed by atoms with Crippen molar-refractivity contribution in [3.8, 4) is 5.75 Å². The van der Waals surface area contributed by atoms with Crippen molar-refractivity contribution >= 4 is 45.2 Å². The Morgan fingerprint density at radius 3 is 2.42 bits per heavy atom. The monoisotopic (exact) mass is 494 g/mol. The van der Waals surface area contributed by atoms with E-state index in [2.05, 4.69) is 27.9 Å². The summed E-state index contributed by atoms with van der Waals surface area (Å²) >= 11 is 4.06. The first-order valence-electron chi connectivity index (χ1n) is 5.91. The van der Waals surface area contributed by atoms with Crippen LogP contribution < -0.4 is 5.32 Å². The van der Waals surface area contributed by atoms with Crippen molar-refractivity contribution < 1.29 is 13.9 Å². The molecule has 0 bridgehead atoms. The van der Waals surface area contributed by atoms with Crippen molar-refractivity contribution in [1.29, 1.82) is 0 Å². The molecule has 0 aliphatic carbocycles. The van der Waals surface area contributed by atoms with Gasteiger partial charge in [-0.05, 0) is 57.3 Å². The molecule has 1 atom stereocenters. The number of piperazine rings is 1. The first kappa shape index (κ1) is 15.6. The van der Waals surface area contributed by atoms with Crippen molar-refractivity contribution in [2.24, 2.45) is 0 Å². The lowest BCUT2D eigenvalue weighted by Crippen LogP contribution is -2.47. The van der Waals surface area contributed by atoms with Crippen LogP contribution >= 0.6 is 45.2 Å². The van der Waals surface area contributed by atoms with E-state index >= 15 is 0 Å². The zero-order chi connectivity index (χ0) is 14.0. The average Bonchev–Trinajstić information content (AvgIpc) is 2.36. The molecule has 0 aromatic heterocycles. The van der Waals surface area contributed by atoms with Crippen LogP contribution in [0.4, 0.5) is 8.78 Å². The summed E-state index contributed by atoms with van der Waals surface area (Å²) in [5.74, 6) is -0.0233. The highest BCUT2D eigenvalue weighted by molar-refractivity contribution is 14.1. The second-order valence-corrected chi connectivity index (χ2v) is 6.80. The fraction of sp³-hybridized carbons (Fsp3) is 0.500. The number of phenolic OH excluding ortho intramolecular Hbond substituents is 1. The quantitative estimate of drug-likeness (QED) is 0.636. The Hall–Kier alpha value is 0.260. The van der Waals surface area contributed by atoms with Crippen molar-refractivity contribution in [2.45, 2.75) is 12.5 Å². The fourth-order valence-electron chi connectivity index (χ4n) is 2.26. The minimum atomic E-state index is -2.52. The lowest BCUT2D eigenvalue weighted by Gasteiger charge is -2.35. The van der Waals surface area contributed by atoms with E-state index < -0.39 is 12.5 Å². The van der Waals surface area contributed by atoms with Crippen LogP contribution in [0.5, 0.6) is 5.75 Å². The Morgan fingerprint density at radius 2 is 1.84 bits per heavy atom. The normalized spacial score (nSPS) is 18.8. The van der Waals surface area contributed by atoms with Gasteiger partial charge in [0.15, 0.2) is 0 Å². The molecule has 1 aromatic carbocycles. The number of hydrogen-bond acceptors (Lipinski definition) is 3. The maximum atomic E-state index is 13.4. The van der Waals surface area contributed by atoms with Crippen molar-refractivity contribution in [2.75, 3.05) is 26.2 Å². The van der Waals surface area contributed by atoms with E-state index in [4.69, 9.17) is 0 Å². The van der Waals surface area contributed by atoms with Gasteiger partial charge >= 0.3 is 0 Å². The molecule has 0 unspecified atom stereocenters. The molecule has 106 valence electrons. The highest BCUT2D eigenvalue weighted by Gasteiger charge is 2.32. The Labute approximate surface area is 138 Å². The molecule has 0 radical (unpaired) electrons. The van der Waals surface area contributed by atoms with Crippen LogP contribution in [0, 0.1) is 7.14 Å². The topological polar surface area (TPSA) is 35.5 Å². The van der Waals surface area contributed by atoms with Crippen molar-refractivity contribution in [3.63, 3.8) is 0 Å². The zero-order valence-corrected chi connectivity index (χ0v) is 14.4. The van der Waals surface area contributed by atoms with Gasteiger partial charge < -0.3 is 10.4 Å². The van der Waals surface area contributed by atoms with Gasteiger partial charge in [-0.15, -0.1) is 0 Å². The first-order valence-corrected chi connectivity index (χ1v) is 8.07. The Morgan fingerprint density at radius 1 is 1.21 bits per heavy atom. The molecule has 0 amide bonds. The predicted molar refractivity (Wildman–Crippen MR) is 86.7 cm³/mol. The van der Waals surface area contributed by atoms with Gasteiger partial charge in [-0.25, -0.2) is 8.78 Å². The molecule has 0 saturated carbocycles. The Kier molecular flexibility index (Phi) is 5.61. The van der Waals surface area contributed by atoms with E-state index in [1.165, 1.54) is 0 Å². The smallest absolute Gasteiger partial charge is 0.258 e. The molecule has 1 heterocycles. The molecule has 19 heavy (non-hydrogen) atoms. The van der Waals surface area contributed by atoms with Crippen LogP contribution in [-0.4, -0.2) is 42.6 Å². The zero-order valence-electron chi connectivity index (χ0n) is 10.0. The number of hydrogen-bond donors (Lipinski definition) is 2. The first-order chi connectivity index (χ1) is 9.00. The molecule has 1 fully saturated rings. The van der Waals surface area contributed by atoms with Crippen LogP contribution in [0.25, 0.3) is 0 Å². The third kappa shape index (κ3) is 3.67. The number of aromatic hydroxyl groups is 1. The van der Waals surface area contributed by atoms with E-state index in [0.717, 1.165) is 3.57 Å². The molecule has 1 saturated heterocycles. The summed E-state index contributed by atoms with van der Waals surface area (Å²) in [6.45, 7) is 2.53. The van der Waals surface area contributed by atoms with Crippen LogP contribution in [0.3, 0.4) is 0 Å². The minimum absolute atomic E-state index is 0.0233. The average molecular weight is 494 g/mol. The molecule has 3 nitrogen and oxygen atoms in total. The second-order valence-electron chi connectivity index (χ2n) is 4.39. The number of alkyl halides is 2. The number of nitrogens with one attached hydrogen (secondary N) is 1. The molecular formula is C12H14F2I2N2O. The summed E-state index contributed by atoms with van der Waals surface area (Å²) in [6, 6.07) is 2.39. The third-order valence-corrected chi connectivity index (χ3v) is 4.61. The van der Waals surface area contributed by atoms with Crippen LogP contribution in [-0.2, 0) is 0 Å². The van der Waals surface area contributed by atoms with E-state index in [9.17, 15) is 13.9 Å². The maximum absolute atomic E-state index is 13.4. The summed E-state index contributed by atoms with van der Waals surface area (Å²) in [6.07, 6.45) is -2.52. The van der Waals surface area contributed by atoms with E-state index in [0.29, 0.717) is 35.3 Å². The molecule has 0 spiro atoms. The van der Waals surface area contributed by atoms with Crippen molar-refractivity contribution in [1.82, 2.24) is 10.2 Å². The summed E-state index contributed by atoms with van der Waals surface area (Å²) < 4.78 is 28.3. The van der Waals surface area contributed by atoms with Gasteiger partial charge in [0, 0.05) is 35.3 Å². The van der Waals surface area contributed by atoms with E-state index in [1.54, 1.807) is 17.0 Å². The number of benzene rings is 1. The summed E-state index contributed by atoms with van der Waals surface area (Å²) in [5, 5.41) is 13.2. The second kappa shape index (κ2) is 6.81. The van der Waals surface area contributed by atoms with Gasteiger partial charge in [-0.1, -0.05) is 0 Å². The Balaban J connectivity index is 2.38. The van der Waals surface area contributed by atoms with Gasteiger partial charge in [-0.3, -0.25) is 4.90 Å². The highest BCUT2D eigenvalue weighted by Crippen LogP contribution is 2.37. The van der Waals surface area contributed by atoms with Gasteiger partial charge in [0.1, 0.15) is 11.8 Å². The van der Waals surface area contributed by atoms with Gasteiger partial charge in [0.25, 0.3) is 6.43 Å². The number of halogens is 4. The van der Waals surface area contributed by atoms with Gasteiger partial charge in [0.05, 0.1) is 3.57 Å². The summed E-state index contributed by atoms with van der Waals surface area (Å²) in [7, 11) is 0. The molecule has 2 rings (SSSR count). The maximum Gasteiger partial charge on any atom is 0.258 e. The number of nitrogens with zero attached hydrogens (tertiary/aromatic N) is 1.